The van der Waals surface area contributed by atoms with Crippen molar-refractivity contribution in [3.05, 3.63) is 0 Å². The van der Waals surface area contributed by atoms with Crippen LogP contribution in [-0.2, 0) is 14.8 Å². The molecule has 2 aliphatic rings. The van der Waals surface area contributed by atoms with Gasteiger partial charge in [0.25, 0.3) is 0 Å². The maximum atomic E-state index is 12.1. The average molecular weight is 359 g/mol. The minimum absolute atomic E-state index is 0.00797. The van der Waals surface area contributed by atoms with Gasteiger partial charge in [0.15, 0.2) is 0 Å². The summed E-state index contributed by atoms with van der Waals surface area (Å²) in [6.45, 7) is 1.93. The lowest BCUT2D eigenvalue weighted by molar-refractivity contribution is -0.131. The maximum Gasteiger partial charge on any atom is 0.239 e. The standard InChI is InChI=1S/C15H29N5O3S/c16-13(14(21)20-10-3-4-11-20)8-5-9-18-15(17)19-24(22,23)12-6-1-2-7-12/h12-13H,1-11,16H2,(H3,17,18,19)/t13-/m0/s1. The second kappa shape index (κ2) is 8.66. The van der Waals surface area contributed by atoms with Gasteiger partial charge in [0.05, 0.1) is 11.3 Å². The number of carbonyl (C=O) groups is 1. The summed E-state index contributed by atoms with van der Waals surface area (Å²) in [5.41, 5.74) is 11.6. The molecule has 2 fully saturated rings. The summed E-state index contributed by atoms with van der Waals surface area (Å²) in [5, 5.41) is -0.363. The van der Waals surface area contributed by atoms with Gasteiger partial charge < -0.3 is 16.4 Å². The highest BCUT2D eigenvalue weighted by Gasteiger charge is 2.29. The molecule has 2 rings (SSSR count). The van der Waals surface area contributed by atoms with Crippen molar-refractivity contribution in [2.75, 3.05) is 19.6 Å². The van der Waals surface area contributed by atoms with E-state index in [4.69, 9.17) is 11.5 Å². The molecule has 5 N–H and O–H groups in total. The molecule has 0 bridgehead atoms. The summed E-state index contributed by atoms with van der Waals surface area (Å²) in [6.07, 6.45) is 6.41. The van der Waals surface area contributed by atoms with Crippen LogP contribution in [0.4, 0.5) is 0 Å². The summed E-state index contributed by atoms with van der Waals surface area (Å²) in [4.78, 5) is 17.9. The van der Waals surface area contributed by atoms with Gasteiger partial charge in [-0.25, -0.2) is 8.42 Å². The fraction of sp³-hybridized carbons (Fsp3) is 0.867. The second-order valence-electron chi connectivity index (χ2n) is 6.60. The fourth-order valence-electron chi connectivity index (χ4n) is 3.27. The molecule has 0 unspecified atom stereocenters. The van der Waals surface area contributed by atoms with Crippen LogP contribution in [0.3, 0.4) is 0 Å². The molecule has 1 heterocycles. The Balaban J connectivity index is 1.69. The lowest BCUT2D eigenvalue weighted by Gasteiger charge is -2.19. The molecule has 8 nitrogen and oxygen atoms in total. The molecule has 0 aromatic rings. The van der Waals surface area contributed by atoms with Crippen LogP contribution in [0.5, 0.6) is 0 Å². The van der Waals surface area contributed by atoms with Crippen LogP contribution in [0, 0.1) is 0 Å². The van der Waals surface area contributed by atoms with Gasteiger partial charge in [0, 0.05) is 19.6 Å². The first kappa shape index (κ1) is 19.0. The van der Waals surface area contributed by atoms with E-state index < -0.39 is 16.1 Å². The molecular formula is C15H29N5O3S. The quantitative estimate of drug-likeness (QED) is 0.332. The zero-order valence-corrected chi connectivity index (χ0v) is 14.9. The predicted molar refractivity (Wildman–Crippen MR) is 93.8 cm³/mol. The van der Waals surface area contributed by atoms with Crippen molar-refractivity contribution >= 4 is 21.9 Å². The Labute approximate surface area is 144 Å². The number of hydrogen-bond acceptors (Lipinski definition) is 5. The SMILES string of the molecule is NC(=NCCC[C@H](N)C(=O)N1CCCC1)NS(=O)(=O)C1CCCC1. The average Bonchev–Trinajstić information content (AvgIpc) is 3.23. The number of likely N-dealkylation sites (tertiary alicyclic amines) is 1. The van der Waals surface area contributed by atoms with Gasteiger partial charge in [0.1, 0.15) is 0 Å². The molecule has 1 aliphatic heterocycles. The van der Waals surface area contributed by atoms with Gasteiger partial charge in [-0.2, -0.15) is 0 Å². The van der Waals surface area contributed by atoms with Gasteiger partial charge in [-0.05, 0) is 38.5 Å². The van der Waals surface area contributed by atoms with E-state index in [9.17, 15) is 13.2 Å². The van der Waals surface area contributed by atoms with Crippen molar-refractivity contribution < 1.29 is 13.2 Å². The minimum Gasteiger partial charge on any atom is -0.369 e. The summed E-state index contributed by atoms with van der Waals surface area (Å²) >= 11 is 0. The number of guanidine groups is 1. The molecule has 1 aliphatic carbocycles. The first-order valence-electron chi connectivity index (χ1n) is 8.76. The number of nitrogens with two attached hydrogens (primary N) is 2. The summed E-state index contributed by atoms with van der Waals surface area (Å²) in [5.74, 6) is -0.0901. The number of aliphatic imine (C=N–C) groups is 1. The Morgan fingerprint density at radius 3 is 2.46 bits per heavy atom. The van der Waals surface area contributed by atoms with E-state index in [2.05, 4.69) is 9.71 Å². The van der Waals surface area contributed by atoms with Crippen LogP contribution in [0.2, 0.25) is 0 Å². The maximum absolute atomic E-state index is 12.1. The van der Waals surface area contributed by atoms with E-state index in [1.807, 2.05) is 0 Å². The molecular weight excluding hydrogens is 330 g/mol. The van der Waals surface area contributed by atoms with Crippen LogP contribution in [0.25, 0.3) is 0 Å². The van der Waals surface area contributed by atoms with E-state index in [-0.39, 0.29) is 17.1 Å². The first-order chi connectivity index (χ1) is 11.4. The molecule has 138 valence electrons. The number of nitrogens with one attached hydrogen (secondary N) is 1. The van der Waals surface area contributed by atoms with E-state index in [1.54, 1.807) is 4.90 Å². The lowest BCUT2D eigenvalue weighted by Crippen LogP contribution is -2.42. The molecule has 24 heavy (non-hydrogen) atoms. The Hall–Kier alpha value is -1.35. The molecule has 0 spiro atoms. The Morgan fingerprint density at radius 2 is 1.83 bits per heavy atom. The highest BCUT2D eigenvalue weighted by Crippen LogP contribution is 2.23. The molecule has 1 saturated heterocycles. The molecule has 1 atom stereocenters. The molecule has 0 aromatic carbocycles. The van der Waals surface area contributed by atoms with Gasteiger partial charge in [0.2, 0.25) is 21.9 Å². The van der Waals surface area contributed by atoms with Gasteiger partial charge in [-0.15, -0.1) is 0 Å². The molecule has 1 saturated carbocycles. The highest BCUT2D eigenvalue weighted by atomic mass is 32.2. The lowest BCUT2D eigenvalue weighted by atomic mass is 10.1. The third-order valence-electron chi connectivity index (χ3n) is 4.68. The molecule has 1 amide bonds. The number of nitrogens with zero attached hydrogens (tertiary/aromatic N) is 2. The van der Waals surface area contributed by atoms with E-state index >= 15 is 0 Å². The van der Waals surface area contributed by atoms with Crippen LogP contribution in [-0.4, -0.2) is 56.1 Å². The van der Waals surface area contributed by atoms with Crippen molar-refractivity contribution in [3.63, 3.8) is 0 Å². The van der Waals surface area contributed by atoms with Crippen molar-refractivity contribution in [1.29, 1.82) is 0 Å². The molecule has 0 radical (unpaired) electrons. The fourth-order valence-corrected chi connectivity index (χ4v) is 4.74. The number of amides is 1. The van der Waals surface area contributed by atoms with Crippen molar-refractivity contribution in [2.24, 2.45) is 16.5 Å². The van der Waals surface area contributed by atoms with Gasteiger partial charge in [-0.3, -0.25) is 14.5 Å². The van der Waals surface area contributed by atoms with E-state index in [0.717, 1.165) is 38.8 Å². The Kier molecular flexibility index (Phi) is 6.85. The number of rotatable bonds is 7. The van der Waals surface area contributed by atoms with Gasteiger partial charge >= 0.3 is 0 Å². The first-order valence-corrected chi connectivity index (χ1v) is 10.3. The minimum atomic E-state index is -3.43. The molecule has 9 heteroatoms. The van der Waals surface area contributed by atoms with Crippen molar-refractivity contribution in [1.82, 2.24) is 9.62 Å². The summed E-state index contributed by atoms with van der Waals surface area (Å²) < 4.78 is 26.5. The van der Waals surface area contributed by atoms with Crippen LogP contribution in [0.15, 0.2) is 4.99 Å². The second-order valence-corrected chi connectivity index (χ2v) is 8.56. The normalized spacial score (nSPS) is 21.2. The summed E-state index contributed by atoms with van der Waals surface area (Å²) in [6, 6.07) is -0.519. The topological polar surface area (TPSA) is 131 Å². The number of sulfonamides is 1. The zero-order valence-electron chi connectivity index (χ0n) is 14.1. The van der Waals surface area contributed by atoms with Crippen LogP contribution >= 0.6 is 0 Å². The molecule has 0 aromatic heterocycles. The Bertz CT molecular complexity index is 551. The van der Waals surface area contributed by atoms with Crippen molar-refractivity contribution in [2.45, 2.75) is 62.7 Å². The smallest absolute Gasteiger partial charge is 0.239 e. The third kappa shape index (κ3) is 5.34. The van der Waals surface area contributed by atoms with E-state index in [1.165, 1.54) is 0 Å². The largest absolute Gasteiger partial charge is 0.369 e. The van der Waals surface area contributed by atoms with Crippen molar-refractivity contribution in [3.8, 4) is 0 Å². The number of hydrogen-bond donors (Lipinski definition) is 3. The summed E-state index contributed by atoms with van der Waals surface area (Å²) in [7, 11) is -3.43. The predicted octanol–water partition coefficient (Wildman–Crippen LogP) is -0.107. The third-order valence-corrected chi connectivity index (χ3v) is 6.52. The Morgan fingerprint density at radius 1 is 1.21 bits per heavy atom. The van der Waals surface area contributed by atoms with Crippen LogP contribution < -0.4 is 16.2 Å². The monoisotopic (exact) mass is 359 g/mol. The van der Waals surface area contributed by atoms with E-state index in [0.29, 0.717) is 32.2 Å². The van der Waals surface area contributed by atoms with Gasteiger partial charge in [-0.1, -0.05) is 12.8 Å². The highest BCUT2D eigenvalue weighted by molar-refractivity contribution is 7.90. The number of carbonyl (C=O) groups excluding carboxylic acids is 1. The van der Waals surface area contributed by atoms with Crippen LogP contribution in [0.1, 0.15) is 51.4 Å². The zero-order chi connectivity index (χ0) is 17.6.